The van der Waals surface area contributed by atoms with Crippen molar-refractivity contribution in [2.24, 2.45) is 0 Å². The van der Waals surface area contributed by atoms with E-state index in [2.05, 4.69) is 15.9 Å². The molecule has 5 nitrogen and oxygen atoms in total. The zero-order valence-electron chi connectivity index (χ0n) is 9.84. The van der Waals surface area contributed by atoms with Gasteiger partial charge < -0.3 is 4.74 Å². The highest BCUT2D eigenvalue weighted by molar-refractivity contribution is 9.10. The SMILES string of the molecule is N#Cc1cc([N+](=O)[O-])ccc1Oc1cc(F)cc(Br)c1. The van der Waals surface area contributed by atoms with Crippen LogP contribution >= 0.6 is 15.9 Å². The fraction of sp³-hybridized carbons (Fsp3) is 0. The summed E-state index contributed by atoms with van der Waals surface area (Å²) >= 11 is 3.12. The zero-order valence-corrected chi connectivity index (χ0v) is 11.4. The molecule has 0 spiro atoms. The molecule has 100 valence electrons. The quantitative estimate of drug-likeness (QED) is 0.622. The van der Waals surface area contributed by atoms with Gasteiger partial charge in [0.2, 0.25) is 0 Å². The standard InChI is InChI=1S/C13H6BrFN2O3/c14-9-4-10(15)6-12(5-9)20-13-2-1-11(17(18)19)3-8(13)7-16/h1-6H. The number of non-ortho nitro benzene ring substituents is 1. The topological polar surface area (TPSA) is 76.2 Å². The molecule has 0 aromatic heterocycles. The van der Waals surface area contributed by atoms with Gasteiger partial charge in [-0.3, -0.25) is 10.1 Å². The molecule has 0 atom stereocenters. The number of nitrogens with zero attached hydrogens (tertiary/aromatic N) is 2. The maximum absolute atomic E-state index is 13.2. The summed E-state index contributed by atoms with van der Waals surface area (Å²) < 4.78 is 19.1. The molecule has 0 aliphatic heterocycles. The van der Waals surface area contributed by atoms with Crippen molar-refractivity contribution in [3.05, 3.63) is 62.4 Å². The van der Waals surface area contributed by atoms with Crippen LogP contribution in [0.3, 0.4) is 0 Å². The third kappa shape index (κ3) is 3.10. The molecule has 2 aromatic carbocycles. The monoisotopic (exact) mass is 336 g/mol. The van der Waals surface area contributed by atoms with Crippen molar-refractivity contribution >= 4 is 21.6 Å². The van der Waals surface area contributed by atoms with Crippen molar-refractivity contribution in [3.63, 3.8) is 0 Å². The van der Waals surface area contributed by atoms with Crippen LogP contribution in [0.25, 0.3) is 0 Å². The molecular formula is C13H6BrFN2O3. The van der Waals surface area contributed by atoms with Gasteiger partial charge in [-0.25, -0.2) is 4.39 Å². The fourth-order valence-corrected chi connectivity index (χ4v) is 1.97. The Morgan fingerprint density at radius 2 is 2.05 bits per heavy atom. The number of nitriles is 1. The van der Waals surface area contributed by atoms with Crippen molar-refractivity contribution in [1.29, 1.82) is 5.26 Å². The molecule has 0 amide bonds. The molecule has 0 aliphatic rings. The first-order valence-electron chi connectivity index (χ1n) is 5.32. The average molecular weight is 337 g/mol. The number of nitro groups is 1. The van der Waals surface area contributed by atoms with E-state index in [0.29, 0.717) is 4.47 Å². The van der Waals surface area contributed by atoms with Gasteiger partial charge in [-0.05, 0) is 18.2 Å². The lowest BCUT2D eigenvalue weighted by molar-refractivity contribution is -0.384. The number of rotatable bonds is 3. The van der Waals surface area contributed by atoms with Crippen LogP contribution in [0.1, 0.15) is 5.56 Å². The zero-order chi connectivity index (χ0) is 14.7. The Balaban J connectivity index is 2.38. The van der Waals surface area contributed by atoms with Crippen LogP contribution in [0, 0.1) is 27.3 Å². The van der Waals surface area contributed by atoms with E-state index in [4.69, 9.17) is 10.00 Å². The van der Waals surface area contributed by atoms with E-state index in [1.807, 2.05) is 0 Å². The van der Waals surface area contributed by atoms with Crippen molar-refractivity contribution in [2.45, 2.75) is 0 Å². The number of nitro benzene ring substituents is 1. The van der Waals surface area contributed by atoms with Crippen molar-refractivity contribution in [1.82, 2.24) is 0 Å². The molecule has 0 saturated heterocycles. The highest BCUT2D eigenvalue weighted by atomic mass is 79.9. The Kier molecular flexibility index (Phi) is 3.96. The molecule has 0 fully saturated rings. The molecule has 20 heavy (non-hydrogen) atoms. The summed E-state index contributed by atoms with van der Waals surface area (Å²) in [6.07, 6.45) is 0. The van der Waals surface area contributed by atoms with Crippen molar-refractivity contribution in [2.75, 3.05) is 0 Å². The second-order valence-electron chi connectivity index (χ2n) is 3.76. The van der Waals surface area contributed by atoms with E-state index in [9.17, 15) is 14.5 Å². The highest BCUT2D eigenvalue weighted by Crippen LogP contribution is 2.30. The van der Waals surface area contributed by atoms with Crippen LogP contribution in [0.4, 0.5) is 10.1 Å². The number of hydrogen-bond acceptors (Lipinski definition) is 4. The molecule has 0 aliphatic carbocycles. The normalized spacial score (nSPS) is 9.85. The van der Waals surface area contributed by atoms with Gasteiger partial charge in [0.25, 0.3) is 5.69 Å². The second kappa shape index (κ2) is 5.67. The molecule has 0 saturated carbocycles. The highest BCUT2D eigenvalue weighted by Gasteiger charge is 2.12. The molecule has 0 heterocycles. The Labute approximate surface area is 121 Å². The summed E-state index contributed by atoms with van der Waals surface area (Å²) in [7, 11) is 0. The van der Waals surface area contributed by atoms with Crippen LogP contribution in [-0.4, -0.2) is 4.92 Å². The average Bonchev–Trinajstić information content (AvgIpc) is 2.37. The molecule has 7 heteroatoms. The Hall–Kier alpha value is -2.46. The predicted molar refractivity (Wildman–Crippen MR) is 72.0 cm³/mol. The van der Waals surface area contributed by atoms with Gasteiger partial charge in [-0.15, -0.1) is 0 Å². The summed E-state index contributed by atoms with van der Waals surface area (Å²) in [6, 6.07) is 9.34. The molecular weight excluding hydrogens is 331 g/mol. The lowest BCUT2D eigenvalue weighted by Gasteiger charge is -2.07. The molecule has 0 N–H and O–H groups in total. The minimum absolute atomic E-state index is 0.000385. The molecule has 0 radical (unpaired) electrons. The summed E-state index contributed by atoms with van der Waals surface area (Å²) in [5.74, 6) is -0.201. The fourth-order valence-electron chi connectivity index (χ4n) is 1.52. The molecule has 0 bridgehead atoms. The van der Waals surface area contributed by atoms with Gasteiger partial charge in [-0.2, -0.15) is 5.26 Å². The largest absolute Gasteiger partial charge is 0.456 e. The van der Waals surface area contributed by atoms with Crippen LogP contribution in [0.15, 0.2) is 40.9 Å². The van der Waals surface area contributed by atoms with Crippen LogP contribution in [0.2, 0.25) is 0 Å². The number of hydrogen-bond donors (Lipinski definition) is 0. The molecule has 2 aromatic rings. The van der Waals surface area contributed by atoms with Crippen LogP contribution < -0.4 is 4.74 Å². The van der Waals surface area contributed by atoms with Gasteiger partial charge in [0, 0.05) is 22.7 Å². The Morgan fingerprint density at radius 3 is 2.65 bits per heavy atom. The Bertz CT molecular complexity index is 708. The van der Waals surface area contributed by atoms with Gasteiger partial charge in [0.05, 0.1) is 4.92 Å². The molecule has 0 unspecified atom stereocenters. The van der Waals surface area contributed by atoms with Gasteiger partial charge in [-0.1, -0.05) is 15.9 Å². The van der Waals surface area contributed by atoms with E-state index in [0.717, 1.165) is 12.1 Å². The lowest BCUT2D eigenvalue weighted by atomic mass is 10.2. The molecule has 2 rings (SSSR count). The maximum atomic E-state index is 13.2. The Morgan fingerprint density at radius 1 is 1.30 bits per heavy atom. The smallest absolute Gasteiger partial charge is 0.271 e. The summed E-state index contributed by atoms with van der Waals surface area (Å²) in [5.41, 5.74) is -0.214. The number of benzene rings is 2. The summed E-state index contributed by atoms with van der Waals surface area (Å²) in [6.45, 7) is 0. The van der Waals surface area contributed by atoms with Gasteiger partial charge in [0.1, 0.15) is 28.9 Å². The van der Waals surface area contributed by atoms with E-state index >= 15 is 0 Å². The number of ether oxygens (including phenoxy) is 1. The van der Waals surface area contributed by atoms with Gasteiger partial charge >= 0.3 is 0 Å². The maximum Gasteiger partial charge on any atom is 0.271 e. The summed E-state index contributed by atoms with van der Waals surface area (Å²) in [4.78, 5) is 10.0. The third-order valence-electron chi connectivity index (χ3n) is 2.36. The van der Waals surface area contributed by atoms with Crippen molar-refractivity contribution < 1.29 is 14.1 Å². The minimum atomic E-state index is -0.608. The van der Waals surface area contributed by atoms with Crippen molar-refractivity contribution in [3.8, 4) is 17.6 Å². The first-order valence-corrected chi connectivity index (χ1v) is 6.11. The van der Waals surface area contributed by atoms with E-state index in [-0.39, 0.29) is 22.7 Å². The summed E-state index contributed by atoms with van der Waals surface area (Å²) in [5, 5.41) is 19.6. The first kappa shape index (κ1) is 14.0. The van der Waals surface area contributed by atoms with Gasteiger partial charge in [0.15, 0.2) is 0 Å². The lowest BCUT2D eigenvalue weighted by Crippen LogP contribution is -1.93. The minimum Gasteiger partial charge on any atom is -0.456 e. The van der Waals surface area contributed by atoms with E-state index < -0.39 is 10.7 Å². The first-order chi connectivity index (χ1) is 9.49. The van der Waals surface area contributed by atoms with Crippen LogP contribution in [0.5, 0.6) is 11.5 Å². The third-order valence-corrected chi connectivity index (χ3v) is 2.82. The van der Waals surface area contributed by atoms with E-state index in [1.54, 1.807) is 6.07 Å². The predicted octanol–water partition coefficient (Wildman–Crippen LogP) is 4.16. The van der Waals surface area contributed by atoms with E-state index in [1.165, 1.54) is 24.3 Å². The van der Waals surface area contributed by atoms with Crippen LogP contribution in [-0.2, 0) is 0 Å². The number of halogens is 2. The second-order valence-corrected chi connectivity index (χ2v) is 4.67.